The molecule has 0 N–H and O–H groups in total. The molecule has 0 aromatic carbocycles. The molecule has 4 rings (SSSR count). The third-order valence-electron chi connectivity index (χ3n) is 4.83. The number of rotatable bonds is 3. The fourth-order valence-electron chi connectivity index (χ4n) is 3.68. The minimum Gasteiger partial charge on any atom is -0.373 e. The van der Waals surface area contributed by atoms with Crippen LogP contribution in [0.25, 0.3) is 0 Å². The Morgan fingerprint density at radius 1 is 1.28 bits per heavy atom. The molecule has 2 fully saturated rings. The summed E-state index contributed by atoms with van der Waals surface area (Å²) in [5.74, 6) is 0.0885. The van der Waals surface area contributed by atoms with Crippen molar-refractivity contribution in [3.63, 3.8) is 0 Å². The second-order valence-electron chi connectivity index (χ2n) is 6.66. The first-order valence-corrected chi connectivity index (χ1v) is 10.2. The number of aryl methyl sites for hydroxylation is 3. The van der Waals surface area contributed by atoms with Crippen LogP contribution in [0, 0.1) is 20.8 Å². The third kappa shape index (κ3) is 3.36. The Morgan fingerprint density at radius 2 is 2.12 bits per heavy atom. The molecule has 1 amide bonds. The lowest BCUT2D eigenvalue weighted by Crippen LogP contribution is -2.50. The molecule has 2 saturated heterocycles. The first-order chi connectivity index (χ1) is 12.0. The summed E-state index contributed by atoms with van der Waals surface area (Å²) < 4.78 is 5.96. The third-order valence-corrected chi connectivity index (χ3v) is 6.72. The van der Waals surface area contributed by atoms with Crippen LogP contribution in [0.1, 0.15) is 31.1 Å². The molecule has 6 nitrogen and oxygen atoms in total. The Bertz CT molecular complexity index is 787. The van der Waals surface area contributed by atoms with Crippen LogP contribution in [0.5, 0.6) is 0 Å². The summed E-state index contributed by atoms with van der Waals surface area (Å²) in [6.07, 6.45) is 0.0896. The molecular weight excluding hydrogens is 356 g/mol. The highest BCUT2D eigenvalue weighted by Crippen LogP contribution is 2.28. The maximum Gasteiger partial charge on any atom is 0.266 e. The second kappa shape index (κ2) is 6.75. The maximum atomic E-state index is 12.9. The van der Waals surface area contributed by atoms with Crippen LogP contribution in [0.3, 0.4) is 0 Å². The Labute approximate surface area is 155 Å². The quantitative estimate of drug-likeness (QED) is 0.820. The number of carbonyl (C=O) groups excluding carboxylic acids is 1. The van der Waals surface area contributed by atoms with Crippen molar-refractivity contribution >= 4 is 28.6 Å². The van der Waals surface area contributed by atoms with E-state index in [2.05, 4.69) is 20.2 Å². The lowest BCUT2D eigenvalue weighted by molar-refractivity contribution is -0.0507. The Hall–Kier alpha value is -1.35. The predicted molar refractivity (Wildman–Crippen MR) is 98.3 cm³/mol. The number of hydrogen-bond acceptors (Lipinski definition) is 7. The van der Waals surface area contributed by atoms with Crippen LogP contribution in [0.4, 0.5) is 0 Å². The van der Waals surface area contributed by atoms with Gasteiger partial charge in [-0.3, -0.25) is 9.69 Å². The molecule has 2 aliphatic heterocycles. The standard InChI is InChI=1S/C17H22N4O2S2/c1-10-16(25-12(3)18-10)17(22)21-7-14-15(8-21)23-5-4-20(14)6-13-9-24-11(2)19-13/h9,14-15H,4-8H2,1-3H3/t14-,15-/m0/s1. The molecule has 4 heterocycles. The molecule has 2 aromatic rings. The van der Waals surface area contributed by atoms with Crippen molar-refractivity contribution in [2.45, 2.75) is 39.5 Å². The molecule has 0 unspecified atom stereocenters. The Morgan fingerprint density at radius 3 is 2.80 bits per heavy atom. The zero-order valence-electron chi connectivity index (χ0n) is 14.7. The monoisotopic (exact) mass is 378 g/mol. The summed E-state index contributed by atoms with van der Waals surface area (Å²) in [4.78, 5) is 27.0. The van der Waals surface area contributed by atoms with Crippen molar-refractivity contribution in [2.24, 2.45) is 0 Å². The number of fused-ring (bicyclic) bond motifs is 1. The van der Waals surface area contributed by atoms with E-state index in [0.29, 0.717) is 19.7 Å². The molecule has 0 saturated carbocycles. The molecule has 2 atom stereocenters. The molecule has 0 bridgehead atoms. The second-order valence-corrected chi connectivity index (χ2v) is 8.93. The van der Waals surface area contributed by atoms with E-state index in [-0.39, 0.29) is 18.1 Å². The van der Waals surface area contributed by atoms with Gasteiger partial charge in [0.15, 0.2) is 0 Å². The lowest BCUT2D eigenvalue weighted by Gasteiger charge is -2.36. The van der Waals surface area contributed by atoms with Crippen LogP contribution in [-0.4, -0.2) is 64.1 Å². The first-order valence-electron chi connectivity index (χ1n) is 8.51. The van der Waals surface area contributed by atoms with E-state index in [4.69, 9.17) is 4.74 Å². The van der Waals surface area contributed by atoms with Gasteiger partial charge in [0, 0.05) is 31.6 Å². The first kappa shape index (κ1) is 17.1. The molecule has 0 aliphatic carbocycles. The highest BCUT2D eigenvalue weighted by atomic mass is 32.1. The number of thiazole rings is 2. The summed E-state index contributed by atoms with van der Waals surface area (Å²) in [5.41, 5.74) is 1.94. The summed E-state index contributed by atoms with van der Waals surface area (Å²) in [7, 11) is 0. The fraction of sp³-hybridized carbons (Fsp3) is 0.588. The van der Waals surface area contributed by atoms with E-state index in [9.17, 15) is 4.79 Å². The van der Waals surface area contributed by atoms with Crippen LogP contribution < -0.4 is 0 Å². The molecule has 2 aliphatic rings. The number of ether oxygens (including phenoxy) is 1. The lowest BCUT2D eigenvalue weighted by atomic mass is 10.1. The Balaban J connectivity index is 1.48. The van der Waals surface area contributed by atoms with Gasteiger partial charge < -0.3 is 9.64 Å². The SMILES string of the molecule is Cc1nc(CN2CCO[C@H]3CN(C(=O)c4sc(C)nc4C)C[C@@H]32)cs1. The zero-order chi connectivity index (χ0) is 17.6. The largest absolute Gasteiger partial charge is 0.373 e. The van der Waals surface area contributed by atoms with Crippen LogP contribution >= 0.6 is 22.7 Å². The molecular formula is C17H22N4O2S2. The molecule has 0 radical (unpaired) electrons. The number of aromatic nitrogens is 2. The van der Waals surface area contributed by atoms with Gasteiger partial charge in [-0.05, 0) is 20.8 Å². The van der Waals surface area contributed by atoms with Crippen molar-refractivity contribution in [2.75, 3.05) is 26.2 Å². The summed E-state index contributed by atoms with van der Waals surface area (Å²) in [6.45, 7) is 9.69. The zero-order valence-corrected chi connectivity index (χ0v) is 16.3. The van der Waals surface area contributed by atoms with Gasteiger partial charge in [-0.2, -0.15) is 0 Å². The number of carbonyl (C=O) groups is 1. The molecule has 25 heavy (non-hydrogen) atoms. The van der Waals surface area contributed by atoms with Crippen molar-refractivity contribution in [1.82, 2.24) is 19.8 Å². The van der Waals surface area contributed by atoms with Gasteiger partial charge in [-0.1, -0.05) is 0 Å². The van der Waals surface area contributed by atoms with Gasteiger partial charge in [-0.15, -0.1) is 22.7 Å². The topological polar surface area (TPSA) is 58.6 Å². The normalized spacial score (nSPS) is 23.9. The molecule has 8 heteroatoms. The van der Waals surface area contributed by atoms with E-state index in [0.717, 1.165) is 39.4 Å². The van der Waals surface area contributed by atoms with Gasteiger partial charge in [-0.25, -0.2) is 9.97 Å². The van der Waals surface area contributed by atoms with Crippen molar-refractivity contribution in [3.05, 3.63) is 31.7 Å². The number of hydrogen-bond donors (Lipinski definition) is 0. The molecule has 0 spiro atoms. The van der Waals surface area contributed by atoms with E-state index < -0.39 is 0 Å². The summed E-state index contributed by atoms with van der Waals surface area (Å²) in [6, 6.07) is 0.244. The Kier molecular flexibility index (Phi) is 4.61. The highest BCUT2D eigenvalue weighted by Gasteiger charge is 2.42. The van der Waals surface area contributed by atoms with Crippen LogP contribution in [0.15, 0.2) is 5.38 Å². The van der Waals surface area contributed by atoms with Crippen LogP contribution in [0.2, 0.25) is 0 Å². The highest BCUT2D eigenvalue weighted by molar-refractivity contribution is 7.13. The van der Waals surface area contributed by atoms with Gasteiger partial charge in [0.2, 0.25) is 0 Å². The van der Waals surface area contributed by atoms with Crippen molar-refractivity contribution < 1.29 is 9.53 Å². The number of nitrogens with zero attached hydrogens (tertiary/aromatic N) is 4. The minimum atomic E-state index is 0.0885. The number of amides is 1. The maximum absolute atomic E-state index is 12.9. The minimum absolute atomic E-state index is 0.0885. The predicted octanol–water partition coefficient (Wildman–Crippen LogP) is 2.25. The number of likely N-dealkylation sites (tertiary alicyclic amines) is 1. The smallest absolute Gasteiger partial charge is 0.266 e. The van der Waals surface area contributed by atoms with Gasteiger partial charge in [0.25, 0.3) is 5.91 Å². The summed E-state index contributed by atoms with van der Waals surface area (Å²) in [5, 5.41) is 4.16. The van der Waals surface area contributed by atoms with E-state index in [1.54, 1.807) is 11.3 Å². The van der Waals surface area contributed by atoms with Crippen LogP contribution in [-0.2, 0) is 11.3 Å². The van der Waals surface area contributed by atoms with Gasteiger partial charge in [0.05, 0.1) is 40.2 Å². The summed E-state index contributed by atoms with van der Waals surface area (Å²) >= 11 is 3.17. The molecule has 134 valence electrons. The average molecular weight is 379 g/mol. The van der Waals surface area contributed by atoms with Gasteiger partial charge >= 0.3 is 0 Å². The van der Waals surface area contributed by atoms with E-state index >= 15 is 0 Å². The van der Waals surface area contributed by atoms with Gasteiger partial charge in [0.1, 0.15) is 4.88 Å². The average Bonchev–Trinajstić information content (AvgIpc) is 3.26. The van der Waals surface area contributed by atoms with Crippen molar-refractivity contribution in [1.29, 1.82) is 0 Å². The fourth-order valence-corrected chi connectivity index (χ4v) is 5.17. The molecule has 2 aromatic heterocycles. The number of morpholine rings is 1. The van der Waals surface area contributed by atoms with Crippen molar-refractivity contribution in [3.8, 4) is 0 Å². The van der Waals surface area contributed by atoms with E-state index in [1.807, 2.05) is 25.7 Å². The van der Waals surface area contributed by atoms with E-state index in [1.165, 1.54) is 11.3 Å².